The number of fused-ring (bicyclic) bond motifs is 1. The molecule has 2 aromatic carbocycles. The zero-order valence-electron chi connectivity index (χ0n) is 19.3. The highest BCUT2D eigenvalue weighted by Crippen LogP contribution is 2.28. The van der Waals surface area contributed by atoms with E-state index >= 15 is 0 Å². The number of thiophene rings is 1. The van der Waals surface area contributed by atoms with Gasteiger partial charge in [0.05, 0.1) is 22.4 Å². The number of nitrogens with one attached hydrogen (secondary N) is 2. The summed E-state index contributed by atoms with van der Waals surface area (Å²) in [6, 6.07) is 14.4. The topological polar surface area (TPSA) is 93.1 Å². The smallest absolute Gasteiger partial charge is 0.262 e. The van der Waals surface area contributed by atoms with Gasteiger partial charge >= 0.3 is 0 Å². The maximum absolute atomic E-state index is 12.8. The molecule has 4 rings (SSSR count). The van der Waals surface area contributed by atoms with Gasteiger partial charge < -0.3 is 10.6 Å². The Morgan fingerprint density at radius 1 is 1.06 bits per heavy atom. The lowest BCUT2D eigenvalue weighted by Gasteiger charge is -2.12. The van der Waals surface area contributed by atoms with Gasteiger partial charge in [-0.2, -0.15) is 0 Å². The van der Waals surface area contributed by atoms with E-state index in [-0.39, 0.29) is 23.1 Å². The molecule has 0 saturated carbocycles. The fourth-order valence-corrected chi connectivity index (χ4v) is 5.36. The van der Waals surface area contributed by atoms with Gasteiger partial charge in [0.25, 0.3) is 11.5 Å². The molecule has 0 radical (unpaired) electrons. The summed E-state index contributed by atoms with van der Waals surface area (Å²) in [5.74, 6) is -0.566. The average Bonchev–Trinajstić information content (AvgIpc) is 3.09. The van der Waals surface area contributed by atoms with Crippen LogP contribution in [0.5, 0.6) is 0 Å². The van der Waals surface area contributed by atoms with Crippen molar-refractivity contribution in [1.82, 2.24) is 9.55 Å². The Balaban J connectivity index is 1.48. The molecule has 0 fully saturated rings. The first-order chi connectivity index (χ1) is 16.2. The van der Waals surface area contributed by atoms with Crippen molar-refractivity contribution >= 4 is 56.5 Å². The number of carbonyl (C=O) groups excluding carboxylic acids is 2. The Bertz CT molecular complexity index is 1470. The predicted molar refractivity (Wildman–Crippen MR) is 139 cm³/mol. The summed E-state index contributed by atoms with van der Waals surface area (Å²) in [5, 5.41) is 6.78. The van der Waals surface area contributed by atoms with Gasteiger partial charge in [0, 0.05) is 17.6 Å². The summed E-state index contributed by atoms with van der Waals surface area (Å²) in [6.45, 7) is 5.84. The maximum Gasteiger partial charge on any atom is 0.262 e. The predicted octanol–water partition coefficient (Wildman–Crippen LogP) is 4.90. The quantitative estimate of drug-likeness (QED) is 0.295. The van der Waals surface area contributed by atoms with E-state index in [1.807, 2.05) is 45.0 Å². The van der Waals surface area contributed by atoms with Crippen molar-refractivity contribution in [3.8, 4) is 0 Å². The SMILES string of the molecule is Cc1cccc(NC(=O)c2ccccc2NC(=O)CSc2nc3sc(C)c(C)c3c(=O)n2C)c1. The summed E-state index contributed by atoms with van der Waals surface area (Å²) < 4.78 is 1.47. The van der Waals surface area contributed by atoms with Crippen LogP contribution in [-0.2, 0) is 11.8 Å². The molecule has 2 aromatic heterocycles. The van der Waals surface area contributed by atoms with E-state index in [1.54, 1.807) is 31.3 Å². The third-order valence-corrected chi connectivity index (χ3v) is 7.55. The van der Waals surface area contributed by atoms with Crippen LogP contribution in [0.15, 0.2) is 58.5 Å². The second kappa shape index (κ2) is 9.82. The molecule has 2 heterocycles. The second-order valence-corrected chi connectivity index (χ2v) is 10.1. The Labute approximate surface area is 205 Å². The molecule has 0 atom stereocenters. The molecule has 0 bridgehead atoms. The number of carbonyl (C=O) groups is 2. The van der Waals surface area contributed by atoms with E-state index in [0.29, 0.717) is 32.3 Å². The standard InChI is InChI=1S/C25H24N4O3S2/c1-14-8-7-9-17(12-14)26-22(31)18-10-5-6-11-19(18)27-20(30)13-33-25-28-23-21(24(32)29(25)4)15(2)16(3)34-23/h5-12H,13H2,1-4H3,(H,26,31)(H,27,30). The number of nitrogens with zero attached hydrogens (tertiary/aromatic N) is 2. The van der Waals surface area contributed by atoms with Gasteiger partial charge in [-0.3, -0.25) is 19.0 Å². The molecule has 0 unspecified atom stereocenters. The zero-order valence-corrected chi connectivity index (χ0v) is 20.9. The number of thioether (sulfide) groups is 1. The molecule has 34 heavy (non-hydrogen) atoms. The van der Waals surface area contributed by atoms with Crippen LogP contribution in [0.25, 0.3) is 10.2 Å². The minimum absolute atomic E-state index is 0.0446. The molecule has 0 aliphatic carbocycles. The normalized spacial score (nSPS) is 10.9. The molecule has 0 spiro atoms. The fraction of sp³-hybridized carbons (Fsp3) is 0.200. The van der Waals surface area contributed by atoms with Gasteiger partial charge in [-0.1, -0.05) is 36.0 Å². The molecular formula is C25H24N4O3S2. The number of hydrogen-bond donors (Lipinski definition) is 2. The van der Waals surface area contributed by atoms with Crippen LogP contribution in [0.1, 0.15) is 26.4 Å². The summed E-state index contributed by atoms with van der Waals surface area (Å²) in [4.78, 5) is 44.6. The van der Waals surface area contributed by atoms with E-state index in [4.69, 9.17) is 0 Å². The van der Waals surface area contributed by atoms with E-state index in [9.17, 15) is 14.4 Å². The van der Waals surface area contributed by atoms with Gasteiger partial charge in [-0.15, -0.1) is 11.3 Å². The first kappa shape index (κ1) is 23.7. The van der Waals surface area contributed by atoms with Gasteiger partial charge in [-0.05, 0) is 56.2 Å². The molecule has 0 aliphatic heterocycles. The summed E-state index contributed by atoms with van der Waals surface area (Å²) in [6.07, 6.45) is 0. The maximum atomic E-state index is 12.8. The molecule has 9 heteroatoms. The van der Waals surface area contributed by atoms with E-state index in [2.05, 4.69) is 15.6 Å². The summed E-state index contributed by atoms with van der Waals surface area (Å²) >= 11 is 2.66. The van der Waals surface area contributed by atoms with Gasteiger partial charge in [0.1, 0.15) is 4.83 Å². The van der Waals surface area contributed by atoms with Gasteiger partial charge in [-0.25, -0.2) is 4.98 Å². The third kappa shape index (κ3) is 4.90. The first-order valence-corrected chi connectivity index (χ1v) is 12.4. The molecule has 174 valence electrons. The second-order valence-electron chi connectivity index (χ2n) is 7.93. The highest BCUT2D eigenvalue weighted by atomic mass is 32.2. The number of aryl methyl sites for hydroxylation is 3. The summed E-state index contributed by atoms with van der Waals surface area (Å²) in [7, 11) is 1.66. The zero-order chi connectivity index (χ0) is 24.4. The van der Waals surface area contributed by atoms with Crippen LogP contribution in [0.2, 0.25) is 0 Å². The molecule has 0 saturated heterocycles. The lowest BCUT2D eigenvalue weighted by molar-refractivity contribution is -0.113. The van der Waals surface area contributed by atoms with Crippen molar-refractivity contribution in [3.63, 3.8) is 0 Å². The van der Waals surface area contributed by atoms with E-state index < -0.39 is 0 Å². The number of para-hydroxylation sites is 1. The van der Waals surface area contributed by atoms with Gasteiger partial charge in [0.15, 0.2) is 5.16 Å². The monoisotopic (exact) mass is 492 g/mol. The van der Waals surface area contributed by atoms with Crippen LogP contribution < -0.4 is 16.2 Å². The van der Waals surface area contributed by atoms with Crippen molar-refractivity contribution in [2.24, 2.45) is 7.05 Å². The number of amides is 2. The third-order valence-electron chi connectivity index (χ3n) is 5.42. The van der Waals surface area contributed by atoms with Crippen LogP contribution >= 0.6 is 23.1 Å². The van der Waals surface area contributed by atoms with Gasteiger partial charge in [0.2, 0.25) is 5.91 Å². The Hall–Kier alpha value is -3.43. The van der Waals surface area contributed by atoms with Crippen molar-refractivity contribution in [1.29, 1.82) is 0 Å². The Morgan fingerprint density at radius 3 is 2.59 bits per heavy atom. The molecular weight excluding hydrogens is 468 g/mol. The largest absolute Gasteiger partial charge is 0.325 e. The van der Waals surface area contributed by atoms with Crippen LogP contribution in [-0.4, -0.2) is 27.1 Å². The number of hydrogen-bond acceptors (Lipinski definition) is 6. The van der Waals surface area contributed by atoms with Crippen molar-refractivity contribution in [2.75, 3.05) is 16.4 Å². The van der Waals surface area contributed by atoms with Crippen LogP contribution in [0.3, 0.4) is 0 Å². The van der Waals surface area contributed by atoms with Crippen molar-refractivity contribution < 1.29 is 9.59 Å². The van der Waals surface area contributed by atoms with E-state index in [0.717, 1.165) is 16.0 Å². The Morgan fingerprint density at radius 2 is 1.82 bits per heavy atom. The number of benzene rings is 2. The number of aromatic nitrogens is 2. The van der Waals surface area contributed by atoms with Crippen LogP contribution in [0.4, 0.5) is 11.4 Å². The first-order valence-electron chi connectivity index (χ1n) is 10.6. The molecule has 0 aliphatic rings. The lowest BCUT2D eigenvalue weighted by atomic mass is 10.1. The number of anilines is 2. The molecule has 4 aromatic rings. The molecule has 2 N–H and O–H groups in total. The lowest BCUT2D eigenvalue weighted by Crippen LogP contribution is -2.22. The summed E-state index contributed by atoms with van der Waals surface area (Å²) in [5.41, 5.74) is 3.32. The highest BCUT2D eigenvalue weighted by molar-refractivity contribution is 7.99. The molecule has 2 amide bonds. The minimum Gasteiger partial charge on any atom is -0.325 e. The fourth-order valence-electron chi connectivity index (χ4n) is 3.51. The van der Waals surface area contributed by atoms with E-state index in [1.165, 1.54) is 27.7 Å². The minimum atomic E-state index is -0.313. The number of rotatable bonds is 6. The molecule has 7 nitrogen and oxygen atoms in total. The Kier molecular flexibility index (Phi) is 6.85. The van der Waals surface area contributed by atoms with Crippen LogP contribution in [0, 0.1) is 20.8 Å². The average molecular weight is 493 g/mol. The van der Waals surface area contributed by atoms with Crippen molar-refractivity contribution in [3.05, 3.63) is 80.5 Å². The highest BCUT2D eigenvalue weighted by Gasteiger charge is 2.17. The van der Waals surface area contributed by atoms with Crippen molar-refractivity contribution in [2.45, 2.75) is 25.9 Å².